The first-order valence-corrected chi connectivity index (χ1v) is 7.36. The maximum atomic E-state index is 12.0. The summed E-state index contributed by atoms with van der Waals surface area (Å²) in [5.41, 5.74) is 1.50. The van der Waals surface area contributed by atoms with Crippen molar-refractivity contribution in [2.24, 2.45) is 0 Å². The average molecular weight is 290 g/mol. The number of carbonyl (C=O) groups is 2. The van der Waals surface area contributed by atoms with Crippen LogP contribution >= 0.6 is 0 Å². The van der Waals surface area contributed by atoms with Gasteiger partial charge in [-0.2, -0.15) is 0 Å². The maximum Gasteiger partial charge on any atom is 0.313 e. The summed E-state index contributed by atoms with van der Waals surface area (Å²) in [4.78, 5) is 23.9. The van der Waals surface area contributed by atoms with Gasteiger partial charge >= 0.3 is 11.8 Å². The predicted octanol–water partition coefficient (Wildman–Crippen LogP) is 2.39. The molecule has 0 unspecified atom stereocenters. The highest BCUT2D eigenvalue weighted by molar-refractivity contribution is 6.39. The van der Waals surface area contributed by atoms with E-state index in [-0.39, 0.29) is 6.04 Å². The molecule has 0 aliphatic heterocycles. The van der Waals surface area contributed by atoms with Gasteiger partial charge in [0.1, 0.15) is 5.75 Å². The molecular formula is C16H22N2O3. The van der Waals surface area contributed by atoms with E-state index in [9.17, 15) is 9.59 Å². The molecule has 21 heavy (non-hydrogen) atoms. The summed E-state index contributed by atoms with van der Waals surface area (Å²) < 4.78 is 5.18. The Labute approximate surface area is 125 Å². The first-order chi connectivity index (χ1) is 10.1. The van der Waals surface area contributed by atoms with Crippen LogP contribution < -0.4 is 15.4 Å². The number of ether oxygens (including phenoxy) is 1. The highest BCUT2D eigenvalue weighted by Gasteiger charge is 2.21. The summed E-state index contributed by atoms with van der Waals surface area (Å²) in [5, 5.41) is 5.41. The van der Waals surface area contributed by atoms with Crippen molar-refractivity contribution in [3.8, 4) is 5.75 Å². The Morgan fingerprint density at radius 1 is 1.14 bits per heavy atom. The number of amides is 2. The molecule has 0 heterocycles. The van der Waals surface area contributed by atoms with Crippen molar-refractivity contribution in [1.29, 1.82) is 0 Å². The number of nitrogens with one attached hydrogen (secondary N) is 2. The van der Waals surface area contributed by atoms with Crippen LogP contribution in [0.3, 0.4) is 0 Å². The second kappa shape index (κ2) is 7.11. The number of methoxy groups -OCH3 is 1. The van der Waals surface area contributed by atoms with Gasteiger partial charge in [-0.25, -0.2) is 0 Å². The molecule has 0 bridgehead atoms. The quantitative estimate of drug-likeness (QED) is 0.840. The standard InChI is InChI=1S/C16H22N2O3/c1-11-8-9-14(21-2)13(10-11)18-16(20)15(19)17-12-6-4-3-5-7-12/h8-10,12H,3-7H2,1-2H3,(H,17,19)(H,18,20). The van der Waals surface area contributed by atoms with Gasteiger partial charge in [0.15, 0.2) is 0 Å². The fourth-order valence-electron chi connectivity index (χ4n) is 2.60. The first-order valence-electron chi connectivity index (χ1n) is 7.36. The van der Waals surface area contributed by atoms with E-state index in [0.29, 0.717) is 11.4 Å². The van der Waals surface area contributed by atoms with Crippen LogP contribution in [0.1, 0.15) is 37.7 Å². The van der Waals surface area contributed by atoms with Crippen LogP contribution in [0, 0.1) is 6.92 Å². The molecule has 0 aromatic heterocycles. The fraction of sp³-hybridized carbons (Fsp3) is 0.500. The summed E-state index contributed by atoms with van der Waals surface area (Å²) in [6.45, 7) is 1.91. The number of benzene rings is 1. The van der Waals surface area contributed by atoms with Gasteiger partial charge in [0, 0.05) is 6.04 Å². The number of carbonyl (C=O) groups excluding carboxylic acids is 2. The number of hydrogen-bond donors (Lipinski definition) is 2. The Morgan fingerprint density at radius 2 is 1.86 bits per heavy atom. The van der Waals surface area contributed by atoms with Crippen molar-refractivity contribution >= 4 is 17.5 Å². The van der Waals surface area contributed by atoms with E-state index in [1.54, 1.807) is 12.1 Å². The average Bonchev–Trinajstić information content (AvgIpc) is 2.48. The zero-order valence-electron chi connectivity index (χ0n) is 12.6. The molecular weight excluding hydrogens is 268 g/mol. The van der Waals surface area contributed by atoms with Gasteiger partial charge in [0.25, 0.3) is 0 Å². The molecule has 1 aliphatic rings. The normalized spacial score (nSPS) is 15.3. The summed E-state index contributed by atoms with van der Waals surface area (Å²) in [6.07, 6.45) is 5.33. The van der Waals surface area contributed by atoms with E-state index in [0.717, 1.165) is 31.2 Å². The smallest absolute Gasteiger partial charge is 0.313 e. The van der Waals surface area contributed by atoms with E-state index in [2.05, 4.69) is 10.6 Å². The highest BCUT2D eigenvalue weighted by Crippen LogP contribution is 2.25. The molecule has 2 amide bonds. The lowest BCUT2D eigenvalue weighted by Crippen LogP contribution is -2.42. The third-order valence-corrected chi connectivity index (χ3v) is 3.75. The molecule has 1 aromatic carbocycles. The van der Waals surface area contributed by atoms with E-state index in [1.807, 2.05) is 13.0 Å². The minimum atomic E-state index is -0.649. The molecule has 1 aromatic rings. The number of aryl methyl sites for hydroxylation is 1. The second-order valence-electron chi connectivity index (χ2n) is 5.47. The minimum Gasteiger partial charge on any atom is -0.495 e. The van der Waals surface area contributed by atoms with Gasteiger partial charge in [0.2, 0.25) is 0 Å². The van der Waals surface area contributed by atoms with E-state index in [1.165, 1.54) is 13.5 Å². The zero-order valence-corrected chi connectivity index (χ0v) is 12.6. The number of rotatable bonds is 3. The Kier molecular flexibility index (Phi) is 5.20. The van der Waals surface area contributed by atoms with Crippen molar-refractivity contribution in [2.45, 2.75) is 45.1 Å². The number of anilines is 1. The van der Waals surface area contributed by atoms with Crippen molar-refractivity contribution < 1.29 is 14.3 Å². The molecule has 5 nitrogen and oxygen atoms in total. The lowest BCUT2D eigenvalue weighted by atomic mass is 9.95. The Balaban J connectivity index is 1.97. The van der Waals surface area contributed by atoms with Gasteiger partial charge in [-0.3, -0.25) is 9.59 Å². The largest absolute Gasteiger partial charge is 0.495 e. The van der Waals surface area contributed by atoms with Gasteiger partial charge in [-0.05, 0) is 37.5 Å². The molecule has 5 heteroatoms. The Bertz CT molecular complexity index is 522. The molecule has 1 fully saturated rings. The SMILES string of the molecule is COc1ccc(C)cc1NC(=O)C(=O)NC1CCCCC1. The van der Waals surface area contributed by atoms with E-state index < -0.39 is 11.8 Å². The molecule has 0 atom stereocenters. The molecule has 2 N–H and O–H groups in total. The Morgan fingerprint density at radius 3 is 2.52 bits per heavy atom. The topological polar surface area (TPSA) is 67.4 Å². The summed E-state index contributed by atoms with van der Waals surface area (Å²) in [5.74, 6) is -0.686. The maximum absolute atomic E-state index is 12.0. The van der Waals surface area contributed by atoms with Crippen molar-refractivity contribution in [3.63, 3.8) is 0 Å². The van der Waals surface area contributed by atoms with E-state index >= 15 is 0 Å². The van der Waals surface area contributed by atoms with Crippen LogP contribution in [-0.2, 0) is 9.59 Å². The predicted molar refractivity (Wildman–Crippen MR) is 81.4 cm³/mol. The van der Waals surface area contributed by atoms with Crippen LogP contribution in [0.5, 0.6) is 5.75 Å². The fourth-order valence-corrected chi connectivity index (χ4v) is 2.60. The van der Waals surface area contributed by atoms with Crippen LogP contribution in [0.4, 0.5) is 5.69 Å². The minimum absolute atomic E-state index is 0.122. The van der Waals surface area contributed by atoms with Crippen LogP contribution in [0.15, 0.2) is 18.2 Å². The Hall–Kier alpha value is -2.04. The summed E-state index contributed by atoms with van der Waals surface area (Å²) >= 11 is 0. The van der Waals surface area contributed by atoms with Crippen LogP contribution in [0.25, 0.3) is 0 Å². The van der Waals surface area contributed by atoms with Crippen molar-refractivity contribution in [1.82, 2.24) is 5.32 Å². The van der Waals surface area contributed by atoms with Crippen molar-refractivity contribution in [3.05, 3.63) is 23.8 Å². The monoisotopic (exact) mass is 290 g/mol. The molecule has 1 saturated carbocycles. The summed E-state index contributed by atoms with van der Waals surface area (Å²) in [7, 11) is 1.53. The van der Waals surface area contributed by atoms with Gasteiger partial charge in [-0.1, -0.05) is 25.3 Å². The number of hydrogen-bond acceptors (Lipinski definition) is 3. The van der Waals surface area contributed by atoms with Crippen molar-refractivity contribution in [2.75, 3.05) is 12.4 Å². The van der Waals surface area contributed by atoms with Crippen LogP contribution in [-0.4, -0.2) is 25.0 Å². The zero-order chi connectivity index (χ0) is 15.2. The molecule has 1 aliphatic carbocycles. The third-order valence-electron chi connectivity index (χ3n) is 3.75. The third kappa shape index (κ3) is 4.21. The molecule has 0 radical (unpaired) electrons. The first kappa shape index (κ1) is 15.4. The lowest BCUT2D eigenvalue weighted by molar-refractivity contribution is -0.136. The highest BCUT2D eigenvalue weighted by atomic mass is 16.5. The van der Waals surface area contributed by atoms with E-state index in [4.69, 9.17) is 4.74 Å². The second-order valence-corrected chi connectivity index (χ2v) is 5.47. The molecule has 0 spiro atoms. The molecule has 114 valence electrons. The van der Waals surface area contributed by atoms with Gasteiger partial charge in [0.05, 0.1) is 12.8 Å². The van der Waals surface area contributed by atoms with Gasteiger partial charge < -0.3 is 15.4 Å². The van der Waals surface area contributed by atoms with Crippen LogP contribution in [0.2, 0.25) is 0 Å². The molecule has 2 rings (SSSR count). The molecule has 0 saturated heterocycles. The van der Waals surface area contributed by atoms with Gasteiger partial charge in [-0.15, -0.1) is 0 Å². The summed E-state index contributed by atoms with van der Waals surface area (Å²) in [6, 6.07) is 5.56. The lowest BCUT2D eigenvalue weighted by Gasteiger charge is -2.22.